The highest BCUT2D eigenvalue weighted by Crippen LogP contribution is 2.52. The van der Waals surface area contributed by atoms with Crippen LogP contribution >= 0.6 is 0 Å². The highest BCUT2D eigenvalue weighted by molar-refractivity contribution is 5.67. The lowest BCUT2D eigenvalue weighted by atomic mass is 9.96. The maximum Gasteiger partial charge on any atom is 0.271 e. The second kappa shape index (κ2) is 4.27. The van der Waals surface area contributed by atoms with E-state index in [4.69, 9.17) is 0 Å². The van der Waals surface area contributed by atoms with Gasteiger partial charge >= 0.3 is 0 Å². The van der Waals surface area contributed by atoms with E-state index >= 15 is 0 Å². The predicted octanol–water partition coefficient (Wildman–Crippen LogP) is 3.31. The molecule has 7 heteroatoms. The van der Waals surface area contributed by atoms with E-state index in [0.29, 0.717) is 0 Å². The smallest absolute Gasteiger partial charge is 0.271 e. The number of hydrogen-bond donors (Lipinski definition) is 1. The third-order valence-electron chi connectivity index (χ3n) is 4.48. The minimum atomic E-state index is -0.422. The molecule has 1 aliphatic carbocycles. The Labute approximate surface area is 124 Å². The Bertz CT molecular complexity index is 834. The van der Waals surface area contributed by atoms with Crippen LogP contribution in [0.2, 0.25) is 0 Å². The van der Waals surface area contributed by atoms with Crippen molar-refractivity contribution in [1.29, 1.82) is 0 Å². The van der Waals surface area contributed by atoms with Crippen molar-refractivity contribution in [3.63, 3.8) is 0 Å². The molecule has 1 aliphatic heterocycles. The van der Waals surface area contributed by atoms with Crippen LogP contribution in [0.25, 0.3) is 0 Å². The van der Waals surface area contributed by atoms with Gasteiger partial charge in [0.1, 0.15) is 0 Å². The zero-order valence-electron chi connectivity index (χ0n) is 11.4. The van der Waals surface area contributed by atoms with Crippen LogP contribution in [-0.2, 0) is 6.42 Å². The SMILES string of the molecule is O=[N+]([O-])c1ccc2c(c1)N[C@@H]1c3cc([N+](=O)[O-])ccc3C[C@H]21. The number of nitro benzene ring substituents is 2. The average Bonchev–Trinajstić information content (AvgIpc) is 3.01. The molecule has 0 saturated heterocycles. The van der Waals surface area contributed by atoms with E-state index in [1.165, 1.54) is 18.2 Å². The monoisotopic (exact) mass is 297 g/mol. The van der Waals surface area contributed by atoms with Crippen molar-refractivity contribution in [1.82, 2.24) is 0 Å². The Kier molecular flexibility index (Phi) is 2.47. The molecule has 0 unspecified atom stereocenters. The molecule has 0 bridgehead atoms. The first kappa shape index (κ1) is 12.8. The molecule has 1 N–H and O–H groups in total. The van der Waals surface area contributed by atoms with Crippen LogP contribution in [0.4, 0.5) is 17.1 Å². The van der Waals surface area contributed by atoms with E-state index in [1.807, 2.05) is 0 Å². The van der Waals surface area contributed by atoms with Crippen molar-refractivity contribution in [2.75, 3.05) is 5.32 Å². The molecule has 0 radical (unpaired) electrons. The topological polar surface area (TPSA) is 98.3 Å². The van der Waals surface area contributed by atoms with Crippen LogP contribution in [0.1, 0.15) is 28.7 Å². The fraction of sp³-hybridized carbons (Fsp3) is 0.200. The molecular formula is C15H11N3O4. The molecule has 0 amide bonds. The Balaban J connectivity index is 1.75. The third kappa shape index (κ3) is 1.68. The number of fused-ring (bicyclic) bond motifs is 5. The summed E-state index contributed by atoms with van der Waals surface area (Å²) in [6.07, 6.45) is 0.788. The summed E-state index contributed by atoms with van der Waals surface area (Å²) in [7, 11) is 0. The first-order valence-electron chi connectivity index (χ1n) is 6.86. The van der Waals surface area contributed by atoms with Gasteiger partial charge in [0.25, 0.3) is 11.4 Å². The predicted molar refractivity (Wildman–Crippen MR) is 79.0 cm³/mol. The number of benzene rings is 2. The van der Waals surface area contributed by atoms with Crippen molar-refractivity contribution in [3.8, 4) is 0 Å². The quantitative estimate of drug-likeness (QED) is 0.677. The van der Waals surface area contributed by atoms with Gasteiger partial charge in [0, 0.05) is 35.9 Å². The molecular weight excluding hydrogens is 286 g/mol. The summed E-state index contributed by atoms with van der Waals surface area (Å²) in [6, 6.07) is 9.71. The van der Waals surface area contributed by atoms with Crippen LogP contribution in [0.15, 0.2) is 36.4 Å². The van der Waals surface area contributed by atoms with Crippen LogP contribution in [-0.4, -0.2) is 9.85 Å². The molecule has 22 heavy (non-hydrogen) atoms. The van der Waals surface area contributed by atoms with E-state index in [9.17, 15) is 20.2 Å². The lowest BCUT2D eigenvalue weighted by Crippen LogP contribution is -2.05. The van der Waals surface area contributed by atoms with Gasteiger partial charge in [-0.3, -0.25) is 20.2 Å². The molecule has 7 nitrogen and oxygen atoms in total. The Morgan fingerprint density at radius 1 is 0.955 bits per heavy atom. The van der Waals surface area contributed by atoms with E-state index in [0.717, 1.165) is 28.8 Å². The first-order chi connectivity index (χ1) is 10.5. The molecule has 2 aromatic carbocycles. The number of rotatable bonds is 2. The molecule has 0 saturated carbocycles. The number of hydrogen-bond acceptors (Lipinski definition) is 5. The maximum absolute atomic E-state index is 10.9. The molecule has 0 spiro atoms. The summed E-state index contributed by atoms with van der Waals surface area (Å²) >= 11 is 0. The molecule has 110 valence electrons. The summed E-state index contributed by atoms with van der Waals surface area (Å²) in [4.78, 5) is 21.0. The van der Waals surface area contributed by atoms with Crippen LogP contribution in [0, 0.1) is 20.2 Å². The normalized spacial score (nSPS) is 20.7. The van der Waals surface area contributed by atoms with Gasteiger partial charge in [0.05, 0.1) is 15.9 Å². The molecule has 2 aromatic rings. The molecule has 2 aliphatic rings. The second-order valence-electron chi connectivity index (χ2n) is 5.60. The van der Waals surface area contributed by atoms with E-state index in [1.54, 1.807) is 18.2 Å². The van der Waals surface area contributed by atoms with Gasteiger partial charge in [-0.1, -0.05) is 6.07 Å². The number of non-ortho nitro benzene ring substituents is 2. The fourth-order valence-corrected chi connectivity index (χ4v) is 3.48. The average molecular weight is 297 g/mol. The van der Waals surface area contributed by atoms with Crippen molar-refractivity contribution >= 4 is 17.1 Å². The van der Waals surface area contributed by atoms with E-state index < -0.39 is 9.85 Å². The number of nitro groups is 2. The van der Waals surface area contributed by atoms with Gasteiger partial charge in [-0.05, 0) is 29.2 Å². The maximum atomic E-state index is 10.9. The van der Waals surface area contributed by atoms with Crippen LogP contribution in [0.5, 0.6) is 0 Å². The summed E-state index contributed by atoms with van der Waals surface area (Å²) in [5.74, 6) is 0.174. The number of nitrogens with zero attached hydrogens (tertiary/aromatic N) is 2. The zero-order chi connectivity index (χ0) is 15.4. The Hall–Kier alpha value is -2.96. The number of nitrogens with one attached hydrogen (secondary N) is 1. The largest absolute Gasteiger partial charge is 0.377 e. The van der Waals surface area contributed by atoms with Gasteiger partial charge in [-0.15, -0.1) is 0 Å². The minimum Gasteiger partial charge on any atom is -0.377 e. The summed E-state index contributed by atoms with van der Waals surface area (Å²) in [6.45, 7) is 0. The lowest BCUT2D eigenvalue weighted by molar-refractivity contribution is -0.385. The number of anilines is 1. The highest BCUT2D eigenvalue weighted by atomic mass is 16.6. The Morgan fingerprint density at radius 3 is 2.36 bits per heavy atom. The van der Waals surface area contributed by atoms with Crippen molar-refractivity contribution < 1.29 is 9.85 Å². The molecule has 1 heterocycles. The van der Waals surface area contributed by atoms with Crippen LogP contribution < -0.4 is 5.32 Å². The van der Waals surface area contributed by atoms with Crippen molar-refractivity contribution in [2.45, 2.75) is 18.4 Å². The lowest BCUT2D eigenvalue weighted by Gasteiger charge is -2.11. The highest BCUT2D eigenvalue weighted by Gasteiger charge is 2.40. The summed E-state index contributed by atoms with van der Waals surface area (Å²) < 4.78 is 0. The van der Waals surface area contributed by atoms with Gasteiger partial charge in [-0.25, -0.2) is 0 Å². The van der Waals surface area contributed by atoms with Gasteiger partial charge in [0.15, 0.2) is 0 Å². The van der Waals surface area contributed by atoms with E-state index in [2.05, 4.69) is 5.32 Å². The van der Waals surface area contributed by atoms with Crippen molar-refractivity contribution in [2.24, 2.45) is 0 Å². The van der Waals surface area contributed by atoms with Gasteiger partial charge in [-0.2, -0.15) is 0 Å². The second-order valence-corrected chi connectivity index (χ2v) is 5.60. The minimum absolute atomic E-state index is 0.0467. The standard InChI is InChI=1S/C15H11N3O4/c19-17(20)9-2-1-8-5-13-11-4-3-10(18(21)22)7-14(11)16-15(13)12(8)6-9/h1-4,6-7,13,15-16H,5H2/t13-,15-/m1/s1. The molecule has 4 rings (SSSR count). The third-order valence-corrected chi connectivity index (χ3v) is 4.48. The summed E-state index contributed by atoms with van der Waals surface area (Å²) in [5.41, 5.74) is 3.92. The molecule has 2 atom stereocenters. The van der Waals surface area contributed by atoms with Crippen molar-refractivity contribution in [3.05, 3.63) is 73.3 Å². The van der Waals surface area contributed by atoms with E-state index in [-0.39, 0.29) is 23.3 Å². The fourth-order valence-electron chi connectivity index (χ4n) is 3.48. The zero-order valence-corrected chi connectivity index (χ0v) is 11.4. The van der Waals surface area contributed by atoms with Gasteiger partial charge < -0.3 is 5.32 Å². The molecule has 0 aromatic heterocycles. The molecule has 0 fully saturated rings. The summed E-state index contributed by atoms with van der Waals surface area (Å²) in [5, 5.41) is 25.1. The van der Waals surface area contributed by atoms with Gasteiger partial charge in [0.2, 0.25) is 0 Å². The van der Waals surface area contributed by atoms with Crippen LogP contribution in [0.3, 0.4) is 0 Å². The Morgan fingerprint density at radius 2 is 1.64 bits per heavy atom. The first-order valence-corrected chi connectivity index (χ1v) is 6.86.